The third kappa shape index (κ3) is 3.16. The molecule has 3 aliphatic rings. The highest BCUT2D eigenvalue weighted by Crippen LogP contribution is 2.50. The Kier molecular flexibility index (Phi) is 4.91. The fourth-order valence-electron chi connectivity index (χ4n) is 4.85. The highest BCUT2D eigenvalue weighted by Gasteiger charge is 2.57. The van der Waals surface area contributed by atoms with E-state index in [4.69, 9.17) is 13.0 Å². The van der Waals surface area contributed by atoms with Crippen molar-refractivity contribution in [2.45, 2.75) is 49.1 Å². The van der Waals surface area contributed by atoms with Gasteiger partial charge in [-0.3, -0.25) is 4.79 Å². The van der Waals surface area contributed by atoms with E-state index < -0.39 is 15.6 Å². The zero-order valence-electron chi connectivity index (χ0n) is 14.0. The fraction of sp³-hybridized carbons (Fsp3) is 0.588. The molecule has 2 fully saturated rings. The lowest BCUT2D eigenvalue weighted by Crippen LogP contribution is -2.97. The van der Waals surface area contributed by atoms with Gasteiger partial charge in [-0.2, -0.15) is 13.2 Å². The normalized spacial score (nSPS) is 30.5. The van der Waals surface area contributed by atoms with Gasteiger partial charge in [-0.25, -0.2) is 8.42 Å². The van der Waals surface area contributed by atoms with E-state index >= 15 is 0 Å². The summed E-state index contributed by atoms with van der Waals surface area (Å²) in [6, 6.07) is 9.36. The van der Waals surface area contributed by atoms with Crippen LogP contribution in [0.25, 0.3) is 0 Å². The molecule has 26 heavy (non-hydrogen) atoms. The standard InChI is InChI=1S/C16H19NO.CHF3O3S/c18-15-7-3-6-13-14-10-11-4-1-2-5-12(11)16(13,15)8-9-17-14;2-1(3,4)8(5,6)7/h1-2,4-5,13-14,17H,3,6-10H2;(H,5,6,7)/t13-,14+,16+;/m0./s1. The number of fused-ring (bicyclic) bond motifs is 1. The molecule has 3 atom stereocenters. The van der Waals surface area contributed by atoms with Crippen molar-refractivity contribution in [3.8, 4) is 0 Å². The number of piperidine rings is 1. The lowest BCUT2D eigenvalue weighted by molar-refractivity contribution is -0.709. The third-order valence-electron chi connectivity index (χ3n) is 5.81. The van der Waals surface area contributed by atoms with Gasteiger partial charge >= 0.3 is 5.51 Å². The van der Waals surface area contributed by atoms with Crippen LogP contribution in [0.4, 0.5) is 13.2 Å². The first kappa shape index (κ1) is 19.3. The van der Waals surface area contributed by atoms with Crippen LogP contribution in [0.15, 0.2) is 24.3 Å². The Morgan fingerprint density at radius 2 is 1.88 bits per heavy atom. The van der Waals surface area contributed by atoms with Crippen molar-refractivity contribution >= 4 is 15.9 Å². The molecule has 2 aliphatic carbocycles. The van der Waals surface area contributed by atoms with Crippen molar-refractivity contribution in [2.75, 3.05) is 6.54 Å². The van der Waals surface area contributed by atoms with Crippen molar-refractivity contribution in [3.63, 3.8) is 0 Å². The topological polar surface area (TPSA) is 90.9 Å². The predicted molar refractivity (Wildman–Crippen MR) is 85.1 cm³/mol. The molecule has 9 heteroatoms. The first-order chi connectivity index (χ1) is 12.1. The smallest absolute Gasteiger partial charge is 0.485 e. The summed E-state index contributed by atoms with van der Waals surface area (Å²) in [4.78, 5) is 12.7. The molecule has 1 saturated heterocycles. The van der Waals surface area contributed by atoms with E-state index in [2.05, 4.69) is 29.6 Å². The number of nitrogens with two attached hydrogens (primary N) is 1. The molecular formula is C17H20F3NO4S. The molecule has 1 saturated carbocycles. The maximum Gasteiger partial charge on any atom is 0.485 e. The summed E-state index contributed by atoms with van der Waals surface area (Å²) in [5, 5.41) is 2.50. The zero-order chi connectivity index (χ0) is 19.2. The molecular weight excluding hydrogens is 371 g/mol. The number of carbonyl (C=O) groups is 1. The Hall–Kier alpha value is -1.45. The Morgan fingerprint density at radius 1 is 1.23 bits per heavy atom. The average molecular weight is 391 g/mol. The van der Waals surface area contributed by atoms with Gasteiger partial charge in [0.15, 0.2) is 10.1 Å². The molecule has 2 bridgehead atoms. The molecule has 144 valence electrons. The number of hydrogen-bond donors (Lipinski definition) is 1. The molecule has 0 spiro atoms. The minimum atomic E-state index is -6.09. The number of carbonyl (C=O) groups excluding carboxylic acids is 1. The second kappa shape index (κ2) is 6.61. The second-order valence-corrected chi connectivity index (χ2v) is 8.46. The van der Waals surface area contributed by atoms with Gasteiger partial charge in [0.25, 0.3) is 0 Å². The summed E-state index contributed by atoms with van der Waals surface area (Å²) >= 11 is 0. The highest BCUT2D eigenvalue weighted by molar-refractivity contribution is 7.86. The average Bonchev–Trinajstić information content (AvgIpc) is 2.54. The Bertz CT molecular complexity index is 808. The van der Waals surface area contributed by atoms with Gasteiger partial charge in [0, 0.05) is 25.2 Å². The molecule has 1 aromatic rings. The van der Waals surface area contributed by atoms with Gasteiger partial charge in [0.05, 0.1) is 18.0 Å². The van der Waals surface area contributed by atoms with E-state index in [0.29, 0.717) is 17.7 Å². The van der Waals surface area contributed by atoms with Crippen LogP contribution in [0.3, 0.4) is 0 Å². The first-order valence-corrected chi connectivity index (χ1v) is 9.95. The van der Waals surface area contributed by atoms with E-state index in [0.717, 1.165) is 32.2 Å². The van der Waals surface area contributed by atoms with Crippen molar-refractivity contribution < 1.29 is 36.3 Å². The SMILES string of the molecule is O=C1CCC[C@H]2[C@H]3Cc4ccccc4[C@@]12CC[NH2+]3.O=S(=O)([O-])C(F)(F)F. The molecule has 1 aliphatic heterocycles. The van der Waals surface area contributed by atoms with Crippen LogP contribution in [-0.4, -0.2) is 36.8 Å². The maximum atomic E-state index is 12.7. The van der Waals surface area contributed by atoms with Gasteiger partial charge in [-0.1, -0.05) is 24.3 Å². The van der Waals surface area contributed by atoms with Crippen molar-refractivity contribution in [1.29, 1.82) is 0 Å². The predicted octanol–water partition coefficient (Wildman–Crippen LogP) is 1.24. The summed E-state index contributed by atoms with van der Waals surface area (Å²) in [6.45, 7) is 1.13. The van der Waals surface area contributed by atoms with Crippen LogP contribution < -0.4 is 5.32 Å². The van der Waals surface area contributed by atoms with Crippen LogP contribution >= 0.6 is 0 Å². The van der Waals surface area contributed by atoms with Gasteiger partial charge in [0.2, 0.25) is 0 Å². The molecule has 2 N–H and O–H groups in total. The minimum Gasteiger partial charge on any atom is -0.741 e. The van der Waals surface area contributed by atoms with Gasteiger partial charge in [-0.05, 0) is 24.0 Å². The highest BCUT2D eigenvalue weighted by atomic mass is 32.2. The number of rotatable bonds is 0. The number of benzene rings is 1. The number of alkyl halides is 3. The largest absolute Gasteiger partial charge is 0.741 e. The maximum absolute atomic E-state index is 12.7. The molecule has 4 rings (SSSR count). The Labute approximate surface area is 149 Å². The zero-order valence-corrected chi connectivity index (χ0v) is 14.8. The van der Waals surface area contributed by atoms with Crippen molar-refractivity contribution in [1.82, 2.24) is 0 Å². The van der Waals surface area contributed by atoms with Crippen molar-refractivity contribution in [2.24, 2.45) is 5.92 Å². The van der Waals surface area contributed by atoms with Gasteiger partial charge < -0.3 is 9.87 Å². The van der Waals surface area contributed by atoms with E-state index in [9.17, 15) is 18.0 Å². The van der Waals surface area contributed by atoms with Crippen LogP contribution in [0.2, 0.25) is 0 Å². The monoisotopic (exact) mass is 391 g/mol. The van der Waals surface area contributed by atoms with Crippen LogP contribution in [0, 0.1) is 5.92 Å². The number of quaternary nitrogens is 1. The molecule has 1 heterocycles. The quantitative estimate of drug-likeness (QED) is 0.532. The molecule has 1 aromatic carbocycles. The lowest BCUT2D eigenvalue weighted by Gasteiger charge is -2.52. The summed E-state index contributed by atoms with van der Waals surface area (Å²) in [6.07, 6.45) is 5.39. The summed E-state index contributed by atoms with van der Waals surface area (Å²) in [5.41, 5.74) is -2.94. The van der Waals surface area contributed by atoms with Crippen LogP contribution in [0.1, 0.15) is 36.8 Å². The Morgan fingerprint density at radius 3 is 2.54 bits per heavy atom. The fourth-order valence-corrected chi connectivity index (χ4v) is 4.85. The van der Waals surface area contributed by atoms with E-state index in [1.54, 1.807) is 0 Å². The Balaban J connectivity index is 0.000000211. The van der Waals surface area contributed by atoms with Gasteiger partial charge in [0.1, 0.15) is 5.78 Å². The number of halogens is 3. The molecule has 0 radical (unpaired) electrons. The molecule has 0 amide bonds. The molecule has 5 nitrogen and oxygen atoms in total. The third-order valence-corrected chi connectivity index (χ3v) is 6.38. The van der Waals surface area contributed by atoms with Gasteiger partial charge in [-0.15, -0.1) is 0 Å². The number of hydrogen-bond acceptors (Lipinski definition) is 4. The minimum absolute atomic E-state index is 0.105. The second-order valence-electron chi connectivity index (χ2n) is 7.09. The number of Topliss-reactive ketones (excluding diaryl/α,β-unsaturated/α-hetero) is 1. The number of ketones is 1. The summed E-state index contributed by atoms with van der Waals surface area (Å²) in [5.74, 6) is 1.13. The molecule has 0 unspecified atom stereocenters. The van der Waals surface area contributed by atoms with E-state index in [-0.39, 0.29) is 5.41 Å². The van der Waals surface area contributed by atoms with E-state index in [1.165, 1.54) is 17.5 Å². The summed E-state index contributed by atoms with van der Waals surface area (Å²) < 4.78 is 58.9. The van der Waals surface area contributed by atoms with Crippen LogP contribution in [0.5, 0.6) is 0 Å². The van der Waals surface area contributed by atoms with Crippen LogP contribution in [-0.2, 0) is 26.7 Å². The lowest BCUT2D eigenvalue weighted by atomic mass is 9.52. The first-order valence-electron chi connectivity index (χ1n) is 8.54. The van der Waals surface area contributed by atoms with Crippen molar-refractivity contribution in [3.05, 3.63) is 35.4 Å². The van der Waals surface area contributed by atoms with E-state index in [1.807, 2.05) is 0 Å². The summed E-state index contributed by atoms with van der Waals surface area (Å²) in [7, 11) is -6.09. The molecule has 0 aromatic heterocycles.